The van der Waals surface area contributed by atoms with E-state index in [2.05, 4.69) is 17.1 Å². The molecule has 4 atom stereocenters. The van der Waals surface area contributed by atoms with Gasteiger partial charge >= 0.3 is 0 Å². The van der Waals surface area contributed by atoms with Crippen LogP contribution in [0.25, 0.3) is 0 Å². The van der Waals surface area contributed by atoms with Crippen molar-refractivity contribution in [3.05, 3.63) is 0 Å². The minimum Gasteiger partial charge on any atom is -0.313 e. The molecule has 80 valence electrons. The first-order valence-corrected chi connectivity index (χ1v) is 6.32. The van der Waals surface area contributed by atoms with Crippen LogP contribution in [0.2, 0.25) is 0 Å². The molecule has 3 fully saturated rings. The van der Waals surface area contributed by atoms with Crippen LogP contribution in [0.5, 0.6) is 0 Å². The Hall–Kier alpha value is -0.0800. The highest BCUT2D eigenvalue weighted by Crippen LogP contribution is 2.45. The largest absolute Gasteiger partial charge is 0.313 e. The molecule has 0 radical (unpaired) electrons. The third kappa shape index (κ3) is 1.59. The van der Waals surface area contributed by atoms with E-state index in [4.69, 9.17) is 0 Å². The van der Waals surface area contributed by atoms with Crippen LogP contribution < -0.4 is 5.32 Å². The number of piperidine rings is 2. The first-order chi connectivity index (χ1) is 6.84. The van der Waals surface area contributed by atoms with E-state index in [1.54, 1.807) is 0 Å². The number of likely N-dealkylation sites (tertiary alicyclic amines) is 1. The monoisotopic (exact) mass is 194 g/mol. The van der Waals surface area contributed by atoms with E-state index in [1.165, 1.54) is 45.3 Å². The van der Waals surface area contributed by atoms with Gasteiger partial charge in [-0.25, -0.2) is 0 Å². The summed E-state index contributed by atoms with van der Waals surface area (Å²) in [5.74, 6) is 2.20. The normalized spacial score (nSPS) is 48.6. The summed E-state index contributed by atoms with van der Waals surface area (Å²) in [5.41, 5.74) is 0. The van der Waals surface area contributed by atoms with Gasteiger partial charge in [0, 0.05) is 18.6 Å². The quantitative estimate of drug-likeness (QED) is 0.680. The van der Waals surface area contributed by atoms with Crippen molar-refractivity contribution in [1.29, 1.82) is 0 Å². The summed E-state index contributed by atoms with van der Waals surface area (Å²) in [5, 5.41) is 3.62. The average Bonchev–Trinajstić information content (AvgIpc) is 2.96. The molecular weight excluding hydrogens is 172 g/mol. The molecule has 2 heteroatoms. The molecule has 2 nitrogen and oxygen atoms in total. The Bertz CT molecular complexity index is 216. The number of nitrogens with zero attached hydrogens (tertiary/aromatic N) is 1. The molecule has 0 aromatic heterocycles. The number of hydrogen-bond donors (Lipinski definition) is 1. The SMILES string of the molecule is CC1NCCCC1N1CCC2CC2C1. The summed E-state index contributed by atoms with van der Waals surface area (Å²) in [6.45, 7) is 6.37. The molecule has 2 heterocycles. The van der Waals surface area contributed by atoms with Crippen molar-refractivity contribution in [2.24, 2.45) is 11.8 Å². The van der Waals surface area contributed by atoms with Gasteiger partial charge in [-0.05, 0) is 57.5 Å². The van der Waals surface area contributed by atoms with Crippen molar-refractivity contribution in [3.63, 3.8) is 0 Å². The van der Waals surface area contributed by atoms with E-state index in [0.717, 1.165) is 23.9 Å². The van der Waals surface area contributed by atoms with Crippen molar-refractivity contribution in [2.45, 2.75) is 44.7 Å². The Balaban J connectivity index is 1.62. The molecule has 1 aliphatic carbocycles. The molecule has 14 heavy (non-hydrogen) atoms. The first-order valence-electron chi connectivity index (χ1n) is 6.32. The van der Waals surface area contributed by atoms with Crippen molar-refractivity contribution in [2.75, 3.05) is 19.6 Å². The second-order valence-electron chi connectivity index (χ2n) is 5.49. The molecule has 0 aromatic rings. The molecule has 1 N–H and O–H groups in total. The van der Waals surface area contributed by atoms with Crippen LogP contribution >= 0.6 is 0 Å². The Labute approximate surface area is 87.0 Å². The van der Waals surface area contributed by atoms with Gasteiger partial charge in [-0.1, -0.05) is 0 Å². The van der Waals surface area contributed by atoms with E-state index >= 15 is 0 Å². The van der Waals surface area contributed by atoms with Gasteiger partial charge in [-0.2, -0.15) is 0 Å². The van der Waals surface area contributed by atoms with Crippen LogP contribution in [0.3, 0.4) is 0 Å². The smallest absolute Gasteiger partial charge is 0.0247 e. The number of fused-ring (bicyclic) bond motifs is 1. The van der Waals surface area contributed by atoms with Crippen LogP contribution in [0.15, 0.2) is 0 Å². The maximum atomic E-state index is 3.62. The average molecular weight is 194 g/mol. The van der Waals surface area contributed by atoms with E-state index < -0.39 is 0 Å². The summed E-state index contributed by atoms with van der Waals surface area (Å²) in [6, 6.07) is 1.56. The molecule has 1 saturated carbocycles. The van der Waals surface area contributed by atoms with E-state index in [0.29, 0.717) is 0 Å². The summed E-state index contributed by atoms with van der Waals surface area (Å²) >= 11 is 0. The van der Waals surface area contributed by atoms with Crippen LogP contribution in [-0.2, 0) is 0 Å². The standard InChI is InChI=1S/C12H22N2/c1-9-12(3-2-5-13-9)14-6-4-10-7-11(10)8-14/h9-13H,2-8H2,1H3. The molecule has 3 rings (SSSR count). The molecule has 0 bridgehead atoms. The highest BCUT2D eigenvalue weighted by Gasteiger charge is 2.43. The third-order valence-corrected chi connectivity index (χ3v) is 4.51. The van der Waals surface area contributed by atoms with Crippen LogP contribution in [0.4, 0.5) is 0 Å². The Morgan fingerprint density at radius 2 is 2.14 bits per heavy atom. The lowest BCUT2D eigenvalue weighted by molar-refractivity contribution is 0.107. The summed E-state index contributed by atoms with van der Waals surface area (Å²) in [7, 11) is 0. The summed E-state index contributed by atoms with van der Waals surface area (Å²) < 4.78 is 0. The van der Waals surface area contributed by atoms with Gasteiger partial charge in [0.2, 0.25) is 0 Å². The minimum absolute atomic E-state index is 0.721. The number of hydrogen-bond acceptors (Lipinski definition) is 2. The third-order valence-electron chi connectivity index (χ3n) is 4.51. The molecule has 4 unspecified atom stereocenters. The molecule has 2 aliphatic heterocycles. The second kappa shape index (κ2) is 3.49. The van der Waals surface area contributed by atoms with E-state index in [1.807, 2.05) is 0 Å². The van der Waals surface area contributed by atoms with Gasteiger partial charge < -0.3 is 5.32 Å². The van der Waals surface area contributed by atoms with Crippen LogP contribution in [0.1, 0.15) is 32.6 Å². The van der Waals surface area contributed by atoms with Crippen molar-refractivity contribution >= 4 is 0 Å². The first kappa shape index (κ1) is 9.17. The lowest BCUT2D eigenvalue weighted by Crippen LogP contribution is -2.53. The fourth-order valence-electron chi connectivity index (χ4n) is 3.44. The number of rotatable bonds is 1. The zero-order chi connectivity index (χ0) is 9.54. The molecule has 3 aliphatic rings. The Morgan fingerprint density at radius 1 is 1.21 bits per heavy atom. The van der Waals surface area contributed by atoms with Crippen LogP contribution in [0, 0.1) is 11.8 Å². The van der Waals surface area contributed by atoms with E-state index in [9.17, 15) is 0 Å². The predicted molar refractivity (Wildman–Crippen MR) is 58.3 cm³/mol. The molecule has 0 spiro atoms. The molecule has 2 saturated heterocycles. The summed E-state index contributed by atoms with van der Waals surface area (Å²) in [4.78, 5) is 2.77. The highest BCUT2D eigenvalue weighted by molar-refractivity contribution is 4.97. The highest BCUT2D eigenvalue weighted by atomic mass is 15.2. The fraction of sp³-hybridized carbons (Fsp3) is 1.00. The minimum atomic E-state index is 0.721. The number of nitrogens with one attached hydrogen (secondary N) is 1. The van der Waals surface area contributed by atoms with Gasteiger partial charge in [0.05, 0.1) is 0 Å². The predicted octanol–water partition coefficient (Wildman–Crippen LogP) is 1.47. The van der Waals surface area contributed by atoms with Gasteiger partial charge in [0.1, 0.15) is 0 Å². The van der Waals surface area contributed by atoms with Crippen LogP contribution in [-0.4, -0.2) is 36.6 Å². The van der Waals surface area contributed by atoms with Crippen molar-refractivity contribution in [3.8, 4) is 0 Å². The summed E-state index contributed by atoms with van der Waals surface area (Å²) in [6.07, 6.45) is 5.81. The Kier molecular flexibility index (Phi) is 2.29. The lowest BCUT2D eigenvalue weighted by atomic mass is 9.96. The van der Waals surface area contributed by atoms with Gasteiger partial charge in [0.15, 0.2) is 0 Å². The molecular formula is C12H22N2. The van der Waals surface area contributed by atoms with E-state index in [-0.39, 0.29) is 0 Å². The topological polar surface area (TPSA) is 15.3 Å². The van der Waals surface area contributed by atoms with Crippen molar-refractivity contribution < 1.29 is 0 Å². The maximum Gasteiger partial charge on any atom is 0.0247 e. The lowest BCUT2D eigenvalue weighted by Gasteiger charge is -2.40. The second-order valence-corrected chi connectivity index (χ2v) is 5.49. The van der Waals surface area contributed by atoms with Crippen molar-refractivity contribution in [1.82, 2.24) is 10.2 Å². The zero-order valence-corrected chi connectivity index (χ0v) is 9.21. The maximum absolute atomic E-state index is 3.62. The van der Waals surface area contributed by atoms with Gasteiger partial charge in [-0.3, -0.25) is 4.90 Å². The molecule has 0 amide bonds. The van der Waals surface area contributed by atoms with Gasteiger partial charge in [0.25, 0.3) is 0 Å². The van der Waals surface area contributed by atoms with Gasteiger partial charge in [-0.15, -0.1) is 0 Å². The zero-order valence-electron chi connectivity index (χ0n) is 9.21. The Morgan fingerprint density at radius 3 is 2.93 bits per heavy atom. The molecule has 0 aromatic carbocycles. The fourth-order valence-corrected chi connectivity index (χ4v) is 3.44.